The Labute approximate surface area is 166 Å². The Bertz CT molecular complexity index is 788. The highest BCUT2D eigenvalue weighted by Crippen LogP contribution is 2.41. The molecular weight excluding hydrogens is 350 g/mol. The van der Waals surface area contributed by atoms with E-state index in [4.69, 9.17) is 4.74 Å². The summed E-state index contributed by atoms with van der Waals surface area (Å²) in [4.78, 5) is 14.2. The lowest BCUT2D eigenvalue weighted by Gasteiger charge is -2.39. The average molecular weight is 377 g/mol. The molecular formula is C24H27NO3. The first-order valence-electron chi connectivity index (χ1n) is 9.66. The molecule has 1 aliphatic heterocycles. The number of carbonyl (C=O) groups excluding carboxylic acids is 1. The number of ether oxygens (including phenoxy) is 1. The smallest absolute Gasteiger partial charge is 0.410 e. The minimum Gasteiger partial charge on any atom is -0.450 e. The first kappa shape index (κ1) is 19.9. The SMILES string of the molecule is C=Cc1ccc(C(O)(c2ccc(C=C)cc2)[C@@H]2CCCN2C(=O)OCC)cc1. The molecule has 2 aromatic rings. The molecule has 0 bridgehead atoms. The van der Waals surface area contributed by atoms with Crippen molar-refractivity contribution in [2.45, 2.75) is 31.4 Å². The number of carbonyl (C=O) groups is 1. The lowest BCUT2D eigenvalue weighted by Crippen LogP contribution is -2.50. The highest BCUT2D eigenvalue weighted by Gasteiger charge is 2.47. The molecule has 0 unspecified atom stereocenters. The number of hydrogen-bond donors (Lipinski definition) is 1. The van der Waals surface area contributed by atoms with Gasteiger partial charge in [0.2, 0.25) is 0 Å². The van der Waals surface area contributed by atoms with Gasteiger partial charge in [0.15, 0.2) is 0 Å². The van der Waals surface area contributed by atoms with E-state index < -0.39 is 11.6 Å². The van der Waals surface area contributed by atoms with Crippen molar-refractivity contribution in [2.75, 3.05) is 13.2 Å². The van der Waals surface area contributed by atoms with Crippen molar-refractivity contribution in [2.24, 2.45) is 0 Å². The summed E-state index contributed by atoms with van der Waals surface area (Å²) >= 11 is 0. The van der Waals surface area contributed by atoms with Gasteiger partial charge in [-0.2, -0.15) is 0 Å². The lowest BCUT2D eigenvalue weighted by atomic mass is 9.78. The van der Waals surface area contributed by atoms with Gasteiger partial charge < -0.3 is 14.7 Å². The first-order chi connectivity index (χ1) is 13.5. The second kappa shape index (κ2) is 8.44. The molecule has 1 heterocycles. The topological polar surface area (TPSA) is 49.8 Å². The molecule has 0 spiro atoms. The van der Waals surface area contributed by atoms with Crippen molar-refractivity contribution in [1.29, 1.82) is 0 Å². The van der Waals surface area contributed by atoms with Gasteiger partial charge in [0, 0.05) is 6.54 Å². The summed E-state index contributed by atoms with van der Waals surface area (Å²) in [6, 6.07) is 14.9. The standard InChI is InChI=1S/C24H27NO3/c1-4-18-9-13-20(14-10-18)24(27,21-15-11-19(5-2)12-16-21)22-8-7-17-25(22)23(26)28-6-3/h4-5,9-16,22,27H,1-2,6-8,17H2,3H3/t22-/m0/s1. The molecule has 4 heteroatoms. The van der Waals surface area contributed by atoms with E-state index in [-0.39, 0.29) is 6.09 Å². The average Bonchev–Trinajstić information content (AvgIpc) is 3.24. The number of hydrogen-bond acceptors (Lipinski definition) is 3. The monoisotopic (exact) mass is 377 g/mol. The third-order valence-electron chi connectivity index (χ3n) is 5.41. The molecule has 1 saturated heterocycles. The Morgan fingerprint density at radius 1 is 1.11 bits per heavy atom. The summed E-state index contributed by atoms with van der Waals surface area (Å²) in [7, 11) is 0. The zero-order valence-electron chi connectivity index (χ0n) is 16.3. The van der Waals surface area contributed by atoms with Gasteiger partial charge in [-0.15, -0.1) is 0 Å². The van der Waals surface area contributed by atoms with Crippen LogP contribution in [0.25, 0.3) is 12.2 Å². The van der Waals surface area contributed by atoms with Gasteiger partial charge in [0.25, 0.3) is 0 Å². The molecule has 1 atom stereocenters. The van der Waals surface area contributed by atoms with Crippen LogP contribution < -0.4 is 0 Å². The van der Waals surface area contributed by atoms with Crippen molar-refractivity contribution < 1.29 is 14.6 Å². The van der Waals surface area contributed by atoms with Gasteiger partial charge in [0.05, 0.1) is 12.6 Å². The third kappa shape index (κ3) is 3.60. The van der Waals surface area contributed by atoms with E-state index in [0.29, 0.717) is 19.6 Å². The van der Waals surface area contributed by atoms with Crippen molar-refractivity contribution in [3.8, 4) is 0 Å². The van der Waals surface area contributed by atoms with Crippen LogP contribution in [-0.2, 0) is 10.3 Å². The van der Waals surface area contributed by atoms with Crippen LogP contribution >= 0.6 is 0 Å². The maximum absolute atomic E-state index is 12.5. The van der Waals surface area contributed by atoms with E-state index in [2.05, 4.69) is 13.2 Å². The molecule has 1 amide bonds. The minimum absolute atomic E-state index is 0.308. The molecule has 0 aromatic heterocycles. The van der Waals surface area contributed by atoms with E-state index >= 15 is 0 Å². The number of rotatable bonds is 6. The fraction of sp³-hybridized carbons (Fsp3) is 0.292. The van der Waals surface area contributed by atoms with Crippen molar-refractivity contribution in [1.82, 2.24) is 4.90 Å². The van der Waals surface area contributed by atoms with Gasteiger partial charge in [-0.25, -0.2) is 4.79 Å². The lowest BCUT2D eigenvalue weighted by molar-refractivity contribution is -0.00484. The minimum atomic E-state index is -1.34. The molecule has 4 nitrogen and oxygen atoms in total. The number of amides is 1. The van der Waals surface area contributed by atoms with Crippen molar-refractivity contribution >= 4 is 18.2 Å². The molecule has 3 rings (SSSR count). The normalized spacial score (nSPS) is 16.6. The fourth-order valence-electron chi connectivity index (χ4n) is 3.92. The predicted molar refractivity (Wildman–Crippen MR) is 113 cm³/mol. The van der Waals surface area contributed by atoms with Gasteiger partial charge in [0.1, 0.15) is 5.60 Å². The predicted octanol–water partition coefficient (Wildman–Crippen LogP) is 4.83. The summed E-state index contributed by atoms with van der Waals surface area (Å²) in [6.45, 7) is 10.3. The summed E-state index contributed by atoms with van der Waals surface area (Å²) < 4.78 is 5.25. The fourth-order valence-corrected chi connectivity index (χ4v) is 3.92. The Balaban J connectivity index is 2.10. The maximum atomic E-state index is 12.5. The second-order valence-corrected chi connectivity index (χ2v) is 6.97. The Morgan fingerprint density at radius 2 is 1.61 bits per heavy atom. The van der Waals surface area contributed by atoms with E-state index in [1.165, 1.54) is 0 Å². The quantitative estimate of drug-likeness (QED) is 0.784. The van der Waals surface area contributed by atoms with Crippen LogP contribution in [0.2, 0.25) is 0 Å². The van der Waals surface area contributed by atoms with Crippen LogP contribution in [0.5, 0.6) is 0 Å². The molecule has 28 heavy (non-hydrogen) atoms. The summed E-state index contributed by atoms with van der Waals surface area (Å²) in [6.07, 6.45) is 4.67. The third-order valence-corrected chi connectivity index (χ3v) is 5.41. The van der Waals surface area contributed by atoms with Crippen LogP contribution in [0.4, 0.5) is 4.79 Å². The number of aliphatic hydroxyl groups is 1. The number of benzene rings is 2. The zero-order valence-corrected chi connectivity index (χ0v) is 16.3. The van der Waals surface area contributed by atoms with Gasteiger partial charge in [-0.1, -0.05) is 73.8 Å². The second-order valence-electron chi connectivity index (χ2n) is 6.97. The first-order valence-corrected chi connectivity index (χ1v) is 9.66. The molecule has 1 aliphatic rings. The largest absolute Gasteiger partial charge is 0.450 e. The van der Waals surface area contributed by atoms with Crippen LogP contribution in [0.3, 0.4) is 0 Å². The summed E-state index contributed by atoms with van der Waals surface area (Å²) in [5, 5.41) is 12.1. The van der Waals surface area contributed by atoms with E-state index in [1.807, 2.05) is 48.5 Å². The number of likely N-dealkylation sites (tertiary alicyclic amines) is 1. The summed E-state index contributed by atoms with van der Waals surface area (Å²) in [5.74, 6) is 0. The van der Waals surface area contributed by atoms with Crippen molar-refractivity contribution in [3.05, 3.63) is 83.9 Å². The highest BCUT2D eigenvalue weighted by atomic mass is 16.6. The molecule has 1 fully saturated rings. The summed E-state index contributed by atoms with van der Waals surface area (Å²) in [5.41, 5.74) is 2.09. The van der Waals surface area contributed by atoms with Crippen LogP contribution in [0.15, 0.2) is 61.7 Å². The van der Waals surface area contributed by atoms with Crippen LogP contribution in [0.1, 0.15) is 42.0 Å². The Kier molecular flexibility index (Phi) is 6.00. The molecule has 0 saturated carbocycles. The van der Waals surface area contributed by atoms with E-state index in [1.54, 1.807) is 24.0 Å². The van der Waals surface area contributed by atoms with E-state index in [9.17, 15) is 9.90 Å². The van der Waals surface area contributed by atoms with Crippen molar-refractivity contribution in [3.63, 3.8) is 0 Å². The van der Waals surface area contributed by atoms with Gasteiger partial charge in [-0.3, -0.25) is 0 Å². The molecule has 0 aliphatic carbocycles. The highest BCUT2D eigenvalue weighted by molar-refractivity contribution is 5.69. The molecule has 1 N–H and O–H groups in total. The molecule has 0 radical (unpaired) electrons. The zero-order chi connectivity index (χ0) is 20.1. The van der Waals surface area contributed by atoms with Crippen LogP contribution in [-0.4, -0.2) is 35.3 Å². The molecule has 146 valence electrons. The van der Waals surface area contributed by atoms with Gasteiger partial charge in [-0.05, 0) is 42.0 Å². The molecule has 2 aromatic carbocycles. The van der Waals surface area contributed by atoms with Crippen LogP contribution in [0, 0.1) is 0 Å². The van der Waals surface area contributed by atoms with E-state index in [0.717, 1.165) is 28.7 Å². The number of nitrogens with zero attached hydrogens (tertiary/aromatic N) is 1. The maximum Gasteiger partial charge on any atom is 0.410 e. The Hall–Kier alpha value is -2.85. The van der Waals surface area contributed by atoms with Gasteiger partial charge >= 0.3 is 6.09 Å². The Morgan fingerprint density at radius 3 is 2.04 bits per heavy atom.